The van der Waals surface area contributed by atoms with Crippen LogP contribution in [0.4, 0.5) is 0 Å². The van der Waals surface area contributed by atoms with Gasteiger partial charge in [-0.05, 0) is 32.0 Å². The van der Waals surface area contributed by atoms with E-state index in [9.17, 15) is 0 Å². The first-order valence-electron chi connectivity index (χ1n) is 4.52. The molecule has 1 aromatic rings. The first kappa shape index (κ1) is 11.8. The summed E-state index contributed by atoms with van der Waals surface area (Å²) < 4.78 is 0. The molecule has 78 valence electrons. The maximum absolute atomic E-state index is 4.13. The molecule has 1 fully saturated rings. The molecule has 3 nitrogen and oxygen atoms in total. The lowest BCUT2D eigenvalue weighted by Gasteiger charge is -2.05. The van der Waals surface area contributed by atoms with Gasteiger partial charge in [-0.15, -0.1) is 17.5 Å². The van der Waals surface area contributed by atoms with E-state index in [1.165, 1.54) is 6.42 Å². The minimum Gasteiger partial charge on any atom is -0.316 e. The van der Waals surface area contributed by atoms with Crippen molar-refractivity contribution in [3.8, 4) is 0 Å². The van der Waals surface area contributed by atoms with E-state index in [1.807, 2.05) is 30.8 Å². The summed E-state index contributed by atoms with van der Waals surface area (Å²) in [4.78, 5) is 0. The number of hydrogen-bond donors (Lipinski definition) is 1. The molecular weight excluding hydrogens is 218 g/mol. The van der Waals surface area contributed by atoms with E-state index in [4.69, 9.17) is 0 Å². The Kier molecular flexibility index (Phi) is 4.65. The first-order chi connectivity index (χ1) is 6.34. The third-order valence-electron chi connectivity index (χ3n) is 2.08. The monoisotopic (exact) mass is 231 g/mol. The van der Waals surface area contributed by atoms with Crippen LogP contribution in [0.2, 0.25) is 0 Å². The molecule has 2 rings (SSSR count). The number of halogens is 1. The Morgan fingerprint density at radius 3 is 2.86 bits per heavy atom. The third kappa shape index (κ3) is 3.12. The average Bonchev–Trinajstić information content (AvgIpc) is 2.62. The molecule has 0 aromatic carbocycles. The molecule has 1 aliphatic heterocycles. The smallest absolute Gasteiger partial charge is 0.119 e. The van der Waals surface area contributed by atoms with Gasteiger partial charge in [0.15, 0.2) is 0 Å². The van der Waals surface area contributed by atoms with Gasteiger partial charge in [-0.25, -0.2) is 0 Å². The van der Waals surface area contributed by atoms with Crippen molar-refractivity contribution in [1.82, 2.24) is 15.5 Å². The SMILES string of the molecule is Cc1ccc(S[C@H]2CCNC2)nn1.Cl. The average molecular weight is 232 g/mol. The predicted molar refractivity (Wildman–Crippen MR) is 61.1 cm³/mol. The molecule has 1 saturated heterocycles. The second-order valence-corrected chi connectivity index (χ2v) is 4.57. The molecule has 0 saturated carbocycles. The van der Waals surface area contributed by atoms with Crippen LogP contribution in [0.5, 0.6) is 0 Å². The number of aromatic nitrogens is 2. The van der Waals surface area contributed by atoms with Gasteiger partial charge in [-0.3, -0.25) is 0 Å². The normalized spacial score (nSPS) is 20.5. The number of rotatable bonds is 2. The van der Waals surface area contributed by atoms with Crippen molar-refractivity contribution >= 4 is 24.2 Å². The van der Waals surface area contributed by atoms with Crippen molar-refractivity contribution in [2.24, 2.45) is 0 Å². The van der Waals surface area contributed by atoms with Gasteiger partial charge < -0.3 is 5.32 Å². The molecule has 5 heteroatoms. The van der Waals surface area contributed by atoms with Gasteiger partial charge in [0.2, 0.25) is 0 Å². The molecule has 0 amide bonds. The molecule has 1 atom stereocenters. The van der Waals surface area contributed by atoms with Crippen LogP contribution < -0.4 is 5.32 Å². The molecule has 0 radical (unpaired) electrons. The van der Waals surface area contributed by atoms with Crippen LogP contribution in [0.3, 0.4) is 0 Å². The summed E-state index contributed by atoms with van der Waals surface area (Å²) in [5.74, 6) is 0. The molecule has 0 spiro atoms. The highest BCUT2D eigenvalue weighted by Gasteiger charge is 2.15. The summed E-state index contributed by atoms with van der Waals surface area (Å²) in [7, 11) is 0. The van der Waals surface area contributed by atoms with E-state index in [0.29, 0.717) is 5.25 Å². The molecular formula is C9H14ClN3S. The fraction of sp³-hybridized carbons (Fsp3) is 0.556. The molecule has 0 bridgehead atoms. The van der Waals surface area contributed by atoms with E-state index in [0.717, 1.165) is 23.8 Å². The quantitative estimate of drug-likeness (QED) is 0.840. The molecule has 1 aliphatic rings. The largest absolute Gasteiger partial charge is 0.316 e. The topological polar surface area (TPSA) is 37.8 Å². The Hall–Kier alpha value is -0.320. The Morgan fingerprint density at radius 2 is 2.29 bits per heavy atom. The zero-order valence-electron chi connectivity index (χ0n) is 8.06. The van der Waals surface area contributed by atoms with Crippen molar-refractivity contribution in [2.75, 3.05) is 13.1 Å². The fourth-order valence-electron chi connectivity index (χ4n) is 1.35. The lowest BCUT2D eigenvalue weighted by Crippen LogP contribution is -2.10. The van der Waals surface area contributed by atoms with Crippen molar-refractivity contribution in [3.05, 3.63) is 17.8 Å². The third-order valence-corrected chi connectivity index (χ3v) is 3.27. The highest BCUT2D eigenvalue weighted by molar-refractivity contribution is 7.99. The second kappa shape index (κ2) is 5.53. The number of nitrogens with zero attached hydrogens (tertiary/aromatic N) is 2. The van der Waals surface area contributed by atoms with Gasteiger partial charge in [0.25, 0.3) is 0 Å². The van der Waals surface area contributed by atoms with Crippen LogP contribution in [-0.4, -0.2) is 28.5 Å². The second-order valence-electron chi connectivity index (χ2n) is 3.25. The van der Waals surface area contributed by atoms with Crippen molar-refractivity contribution in [2.45, 2.75) is 23.6 Å². The van der Waals surface area contributed by atoms with E-state index in [1.54, 1.807) is 0 Å². The van der Waals surface area contributed by atoms with E-state index in [-0.39, 0.29) is 12.4 Å². The standard InChI is InChI=1S/C9H13N3S.ClH/c1-7-2-3-9(12-11-7)13-8-4-5-10-6-8;/h2-3,8,10H,4-6H2,1H3;1H/t8-;/m0./s1. The van der Waals surface area contributed by atoms with Gasteiger partial charge in [-0.2, -0.15) is 5.10 Å². The van der Waals surface area contributed by atoms with Gasteiger partial charge >= 0.3 is 0 Å². The summed E-state index contributed by atoms with van der Waals surface area (Å²) in [5, 5.41) is 13.2. The zero-order valence-corrected chi connectivity index (χ0v) is 9.70. The first-order valence-corrected chi connectivity index (χ1v) is 5.40. The molecule has 14 heavy (non-hydrogen) atoms. The van der Waals surface area contributed by atoms with E-state index in [2.05, 4.69) is 15.5 Å². The summed E-state index contributed by atoms with van der Waals surface area (Å²) in [6.07, 6.45) is 1.24. The van der Waals surface area contributed by atoms with Crippen molar-refractivity contribution in [1.29, 1.82) is 0 Å². The Labute approximate surface area is 94.5 Å². The van der Waals surface area contributed by atoms with E-state index < -0.39 is 0 Å². The number of hydrogen-bond acceptors (Lipinski definition) is 4. The van der Waals surface area contributed by atoms with Crippen LogP contribution in [0.1, 0.15) is 12.1 Å². The molecule has 2 heterocycles. The van der Waals surface area contributed by atoms with Crippen LogP contribution in [0.15, 0.2) is 17.2 Å². The van der Waals surface area contributed by atoms with Gasteiger partial charge in [0, 0.05) is 11.8 Å². The predicted octanol–water partition coefficient (Wildman–Crippen LogP) is 1.66. The van der Waals surface area contributed by atoms with Gasteiger partial charge in [-0.1, -0.05) is 11.8 Å². The summed E-state index contributed by atoms with van der Waals surface area (Å²) in [6, 6.07) is 4.06. The Balaban J connectivity index is 0.000000980. The van der Waals surface area contributed by atoms with Crippen molar-refractivity contribution in [3.63, 3.8) is 0 Å². The Bertz CT molecular complexity index is 272. The lowest BCUT2D eigenvalue weighted by molar-refractivity contribution is 0.857. The number of nitrogens with one attached hydrogen (secondary N) is 1. The zero-order chi connectivity index (χ0) is 9.10. The summed E-state index contributed by atoms with van der Waals surface area (Å²) >= 11 is 1.82. The number of thioether (sulfide) groups is 1. The Morgan fingerprint density at radius 1 is 1.43 bits per heavy atom. The van der Waals surface area contributed by atoms with Crippen LogP contribution in [0, 0.1) is 6.92 Å². The lowest BCUT2D eigenvalue weighted by atomic mass is 10.4. The van der Waals surface area contributed by atoms with Crippen LogP contribution >= 0.6 is 24.2 Å². The summed E-state index contributed by atoms with van der Waals surface area (Å²) in [6.45, 7) is 4.19. The van der Waals surface area contributed by atoms with E-state index >= 15 is 0 Å². The molecule has 0 aliphatic carbocycles. The minimum absolute atomic E-state index is 0. The highest BCUT2D eigenvalue weighted by atomic mass is 35.5. The highest BCUT2D eigenvalue weighted by Crippen LogP contribution is 2.24. The maximum atomic E-state index is 4.13. The minimum atomic E-state index is 0. The van der Waals surface area contributed by atoms with Crippen LogP contribution in [-0.2, 0) is 0 Å². The summed E-state index contributed by atoms with van der Waals surface area (Å²) in [5.41, 5.74) is 0.980. The molecule has 0 unspecified atom stereocenters. The fourth-order valence-corrected chi connectivity index (χ4v) is 2.36. The molecule has 1 N–H and O–H groups in total. The van der Waals surface area contributed by atoms with Gasteiger partial charge in [0.1, 0.15) is 5.03 Å². The van der Waals surface area contributed by atoms with Crippen molar-refractivity contribution < 1.29 is 0 Å². The van der Waals surface area contributed by atoms with Crippen LogP contribution in [0.25, 0.3) is 0 Å². The maximum Gasteiger partial charge on any atom is 0.119 e. The van der Waals surface area contributed by atoms with Gasteiger partial charge in [0.05, 0.1) is 5.69 Å². The number of aryl methyl sites for hydroxylation is 1. The molecule has 1 aromatic heterocycles.